The molecular weight excluding hydrogens is 213 g/mol. The lowest BCUT2D eigenvalue weighted by Crippen LogP contribution is -2.34. The summed E-state index contributed by atoms with van der Waals surface area (Å²) < 4.78 is 12.9. The average molecular weight is 225 g/mol. The Labute approximate surface area is 92.3 Å². The number of benzene rings is 1. The van der Waals surface area contributed by atoms with E-state index < -0.39 is 0 Å². The molecule has 2 nitrogen and oxygen atoms in total. The van der Waals surface area contributed by atoms with Crippen molar-refractivity contribution in [3.63, 3.8) is 0 Å². The highest BCUT2D eigenvalue weighted by atomic mass is 32.2. The molecule has 1 aliphatic heterocycles. The number of hydrogen-bond donors (Lipinski definition) is 1. The Morgan fingerprint density at radius 2 is 2.40 bits per heavy atom. The number of nitrogens with one attached hydrogen (secondary N) is 1. The van der Waals surface area contributed by atoms with Crippen LogP contribution in [0.4, 0.5) is 4.39 Å². The first-order valence-electron chi connectivity index (χ1n) is 4.90. The van der Waals surface area contributed by atoms with Crippen molar-refractivity contribution in [1.82, 2.24) is 5.32 Å². The maximum atomic E-state index is 12.9. The van der Waals surface area contributed by atoms with Gasteiger partial charge in [-0.3, -0.25) is 4.79 Å². The second-order valence-electron chi connectivity index (χ2n) is 3.54. The summed E-state index contributed by atoms with van der Waals surface area (Å²) in [6, 6.07) is 6.01. The first kappa shape index (κ1) is 10.5. The molecule has 2 rings (SSSR count). The molecule has 15 heavy (non-hydrogen) atoms. The van der Waals surface area contributed by atoms with E-state index in [0.29, 0.717) is 5.56 Å². The third kappa shape index (κ3) is 2.72. The van der Waals surface area contributed by atoms with Crippen LogP contribution in [0, 0.1) is 5.82 Å². The number of halogens is 1. The normalized spacial score (nSPS) is 20.2. The average Bonchev–Trinajstić information content (AvgIpc) is 2.70. The lowest BCUT2D eigenvalue weighted by atomic mass is 10.2. The van der Waals surface area contributed by atoms with Crippen molar-refractivity contribution in [1.29, 1.82) is 0 Å². The van der Waals surface area contributed by atoms with Crippen molar-refractivity contribution in [2.45, 2.75) is 12.5 Å². The zero-order chi connectivity index (χ0) is 10.7. The van der Waals surface area contributed by atoms with E-state index >= 15 is 0 Å². The second-order valence-corrected chi connectivity index (χ2v) is 4.69. The van der Waals surface area contributed by atoms with Crippen LogP contribution in [-0.4, -0.2) is 23.5 Å². The van der Waals surface area contributed by atoms with Gasteiger partial charge in [-0.05, 0) is 30.4 Å². The van der Waals surface area contributed by atoms with Gasteiger partial charge in [-0.25, -0.2) is 4.39 Å². The molecule has 0 aliphatic carbocycles. The minimum atomic E-state index is -0.372. The predicted molar refractivity (Wildman–Crippen MR) is 59.6 cm³/mol. The van der Waals surface area contributed by atoms with Crippen molar-refractivity contribution in [3.05, 3.63) is 35.6 Å². The fourth-order valence-electron chi connectivity index (χ4n) is 1.55. The SMILES string of the molecule is O=C(N[C@@H]1CCSC1)c1cccc(F)c1. The van der Waals surface area contributed by atoms with E-state index in [1.165, 1.54) is 12.1 Å². The predicted octanol–water partition coefficient (Wildman–Crippen LogP) is 2.06. The molecule has 1 aromatic rings. The van der Waals surface area contributed by atoms with Crippen LogP contribution in [0.1, 0.15) is 16.8 Å². The van der Waals surface area contributed by atoms with Gasteiger partial charge >= 0.3 is 0 Å². The summed E-state index contributed by atoms with van der Waals surface area (Å²) in [7, 11) is 0. The van der Waals surface area contributed by atoms with Gasteiger partial charge in [0, 0.05) is 17.4 Å². The molecule has 1 atom stereocenters. The van der Waals surface area contributed by atoms with Crippen molar-refractivity contribution in [3.8, 4) is 0 Å². The maximum absolute atomic E-state index is 12.9. The van der Waals surface area contributed by atoms with E-state index in [1.54, 1.807) is 12.1 Å². The fourth-order valence-corrected chi connectivity index (χ4v) is 2.70. The van der Waals surface area contributed by atoms with Gasteiger partial charge in [-0.1, -0.05) is 6.07 Å². The molecule has 1 N–H and O–H groups in total. The van der Waals surface area contributed by atoms with Gasteiger partial charge < -0.3 is 5.32 Å². The van der Waals surface area contributed by atoms with Crippen LogP contribution in [0.25, 0.3) is 0 Å². The molecular formula is C11H12FNOS. The van der Waals surface area contributed by atoms with Gasteiger partial charge in [0.15, 0.2) is 0 Å². The summed E-state index contributed by atoms with van der Waals surface area (Å²) in [5.74, 6) is 1.50. The van der Waals surface area contributed by atoms with Gasteiger partial charge in [0.1, 0.15) is 5.82 Å². The van der Waals surface area contributed by atoms with Crippen LogP contribution in [0.3, 0.4) is 0 Å². The molecule has 0 radical (unpaired) electrons. The summed E-state index contributed by atoms with van der Waals surface area (Å²) >= 11 is 1.83. The number of amides is 1. The Bertz CT molecular complexity index is 363. The van der Waals surface area contributed by atoms with E-state index in [9.17, 15) is 9.18 Å². The van der Waals surface area contributed by atoms with Crippen molar-refractivity contribution in [2.75, 3.05) is 11.5 Å². The Balaban J connectivity index is 2.01. The van der Waals surface area contributed by atoms with Gasteiger partial charge in [-0.15, -0.1) is 0 Å². The Morgan fingerprint density at radius 3 is 3.07 bits per heavy atom. The molecule has 80 valence electrons. The molecule has 1 amide bonds. The van der Waals surface area contributed by atoms with E-state index in [2.05, 4.69) is 5.32 Å². The first-order chi connectivity index (χ1) is 7.25. The zero-order valence-electron chi connectivity index (χ0n) is 8.20. The second kappa shape index (κ2) is 4.66. The monoisotopic (exact) mass is 225 g/mol. The Kier molecular flexibility index (Phi) is 3.26. The van der Waals surface area contributed by atoms with Crippen molar-refractivity contribution < 1.29 is 9.18 Å². The van der Waals surface area contributed by atoms with Gasteiger partial charge in [0.2, 0.25) is 0 Å². The third-order valence-electron chi connectivity index (χ3n) is 2.35. The van der Waals surface area contributed by atoms with Crippen LogP contribution >= 0.6 is 11.8 Å². The largest absolute Gasteiger partial charge is 0.348 e. The Morgan fingerprint density at radius 1 is 1.53 bits per heavy atom. The minimum absolute atomic E-state index is 0.179. The summed E-state index contributed by atoms with van der Waals surface area (Å²) in [4.78, 5) is 11.7. The van der Waals surface area contributed by atoms with Crippen LogP contribution in [0.2, 0.25) is 0 Å². The Hall–Kier alpha value is -1.03. The van der Waals surface area contributed by atoms with Crippen LogP contribution in [0.15, 0.2) is 24.3 Å². The highest BCUT2D eigenvalue weighted by molar-refractivity contribution is 7.99. The van der Waals surface area contributed by atoms with Gasteiger partial charge in [0.25, 0.3) is 5.91 Å². The van der Waals surface area contributed by atoms with E-state index in [0.717, 1.165) is 17.9 Å². The molecule has 1 fully saturated rings. The minimum Gasteiger partial charge on any atom is -0.348 e. The lowest BCUT2D eigenvalue weighted by molar-refractivity contribution is 0.0940. The van der Waals surface area contributed by atoms with E-state index in [4.69, 9.17) is 0 Å². The van der Waals surface area contributed by atoms with Crippen LogP contribution in [-0.2, 0) is 0 Å². The number of rotatable bonds is 2. The number of carbonyl (C=O) groups excluding carboxylic acids is 1. The topological polar surface area (TPSA) is 29.1 Å². The molecule has 1 aromatic carbocycles. The molecule has 1 aliphatic rings. The van der Waals surface area contributed by atoms with Gasteiger partial charge in [0.05, 0.1) is 0 Å². The summed E-state index contributed by atoms with van der Waals surface area (Å²) in [6.45, 7) is 0. The number of carbonyl (C=O) groups is 1. The lowest BCUT2D eigenvalue weighted by Gasteiger charge is -2.10. The van der Waals surface area contributed by atoms with Crippen LogP contribution < -0.4 is 5.32 Å². The molecule has 0 aromatic heterocycles. The first-order valence-corrected chi connectivity index (χ1v) is 6.05. The van der Waals surface area contributed by atoms with Gasteiger partial charge in [-0.2, -0.15) is 11.8 Å². The third-order valence-corrected chi connectivity index (χ3v) is 3.51. The number of thioether (sulfide) groups is 1. The molecule has 0 saturated carbocycles. The van der Waals surface area contributed by atoms with Crippen molar-refractivity contribution >= 4 is 17.7 Å². The molecule has 1 heterocycles. The smallest absolute Gasteiger partial charge is 0.251 e. The van der Waals surface area contributed by atoms with Crippen LogP contribution in [0.5, 0.6) is 0 Å². The zero-order valence-corrected chi connectivity index (χ0v) is 9.02. The standard InChI is InChI=1S/C11H12FNOS/c12-9-3-1-2-8(6-9)11(14)13-10-4-5-15-7-10/h1-3,6,10H,4-5,7H2,(H,13,14)/t10-/m1/s1. The summed E-state index contributed by atoms with van der Waals surface area (Å²) in [6.07, 6.45) is 1.01. The van der Waals surface area contributed by atoms with E-state index in [1.807, 2.05) is 11.8 Å². The highest BCUT2D eigenvalue weighted by Gasteiger charge is 2.18. The fraction of sp³-hybridized carbons (Fsp3) is 0.364. The number of hydrogen-bond acceptors (Lipinski definition) is 2. The quantitative estimate of drug-likeness (QED) is 0.834. The van der Waals surface area contributed by atoms with Crippen molar-refractivity contribution in [2.24, 2.45) is 0 Å². The van der Waals surface area contributed by atoms with E-state index in [-0.39, 0.29) is 17.8 Å². The maximum Gasteiger partial charge on any atom is 0.251 e. The molecule has 0 bridgehead atoms. The molecule has 0 unspecified atom stereocenters. The molecule has 0 spiro atoms. The molecule has 1 saturated heterocycles. The highest BCUT2D eigenvalue weighted by Crippen LogP contribution is 2.17. The summed E-state index contributed by atoms with van der Waals surface area (Å²) in [5.41, 5.74) is 0.395. The summed E-state index contributed by atoms with van der Waals surface area (Å²) in [5, 5.41) is 2.90. The molecule has 4 heteroatoms.